The van der Waals surface area contributed by atoms with Crippen LogP contribution in [0.3, 0.4) is 0 Å². The maximum atomic E-state index is 12.7. The van der Waals surface area contributed by atoms with E-state index in [4.69, 9.17) is 9.47 Å². The van der Waals surface area contributed by atoms with Gasteiger partial charge in [0.25, 0.3) is 5.91 Å². The Kier molecular flexibility index (Phi) is 4.38. The third-order valence-electron chi connectivity index (χ3n) is 5.54. The van der Waals surface area contributed by atoms with Crippen molar-refractivity contribution in [1.29, 1.82) is 0 Å². The Morgan fingerprint density at radius 1 is 1.11 bits per heavy atom. The average Bonchev–Trinajstić information content (AvgIpc) is 3.38. The number of aromatic nitrogens is 2. The maximum absolute atomic E-state index is 12.7. The number of ether oxygens (including phenoxy) is 2. The number of hydrogen-bond donors (Lipinski definition) is 1. The first kappa shape index (κ1) is 17.4. The largest absolute Gasteiger partial charge is 0.454 e. The van der Waals surface area contributed by atoms with Crippen LogP contribution < -0.4 is 14.8 Å². The van der Waals surface area contributed by atoms with Gasteiger partial charge < -0.3 is 19.7 Å². The maximum Gasteiger partial charge on any atom is 0.286 e. The van der Waals surface area contributed by atoms with Crippen molar-refractivity contribution < 1.29 is 19.1 Å². The van der Waals surface area contributed by atoms with E-state index in [0.29, 0.717) is 17.2 Å². The highest BCUT2D eigenvalue weighted by Crippen LogP contribution is 2.38. The zero-order valence-electron chi connectivity index (χ0n) is 15.2. The van der Waals surface area contributed by atoms with Gasteiger partial charge in [-0.1, -0.05) is 17.8 Å². The van der Waals surface area contributed by atoms with Gasteiger partial charge in [0.15, 0.2) is 11.5 Å². The molecule has 3 heterocycles. The SMILES string of the molecule is O=C(Nc1ccc2c(c1)OCO2)c1nnc([C@@H]2CCCN2C(=O)C2CCC2)s1. The molecule has 1 saturated heterocycles. The molecule has 0 bridgehead atoms. The summed E-state index contributed by atoms with van der Waals surface area (Å²) in [5.41, 5.74) is 0.605. The number of nitrogens with one attached hydrogen (secondary N) is 1. The molecule has 28 heavy (non-hydrogen) atoms. The summed E-state index contributed by atoms with van der Waals surface area (Å²) < 4.78 is 10.6. The van der Waals surface area contributed by atoms with Crippen molar-refractivity contribution in [2.75, 3.05) is 18.7 Å². The van der Waals surface area contributed by atoms with Crippen molar-refractivity contribution in [2.45, 2.75) is 38.1 Å². The molecule has 2 fully saturated rings. The molecule has 0 spiro atoms. The third kappa shape index (κ3) is 3.09. The molecule has 1 aromatic carbocycles. The topological polar surface area (TPSA) is 93.7 Å². The first-order valence-corrected chi connectivity index (χ1v) is 10.4. The minimum absolute atomic E-state index is 0.0577. The lowest BCUT2D eigenvalue weighted by Gasteiger charge is -2.31. The second kappa shape index (κ2) is 7.05. The van der Waals surface area contributed by atoms with Gasteiger partial charge in [0.1, 0.15) is 5.01 Å². The number of hydrogen-bond acceptors (Lipinski definition) is 7. The number of carbonyl (C=O) groups excluding carboxylic acids is 2. The van der Waals surface area contributed by atoms with Gasteiger partial charge in [-0.25, -0.2) is 0 Å². The summed E-state index contributed by atoms with van der Waals surface area (Å²) in [4.78, 5) is 27.2. The fraction of sp³-hybridized carbons (Fsp3) is 0.474. The van der Waals surface area contributed by atoms with E-state index in [1.54, 1.807) is 18.2 Å². The smallest absolute Gasteiger partial charge is 0.286 e. The second-order valence-electron chi connectivity index (χ2n) is 7.29. The molecule has 0 unspecified atom stereocenters. The van der Waals surface area contributed by atoms with Gasteiger partial charge in [0.05, 0.1) is 6.04 Å². The number of nitrogens with zero attached hydrogens (tertiary/aromatic N) is 3. The normalized spacial score (nSPS) is 20.9. The van der Waals surface area contributed by atoms with E-state index in [1.807, 2.05) is 4.90 Å². The van der Waals surface area contributed by atoms with Crippen LogP contribution in [0.4, 0.5) is 5.69 Å². The van der Waals surface area contributed by atoms with Crippen LogP contribution in [0.15, 0.2) is 18.2 Å². The molecule has 8 nitrogen and oxygen atoms in total. The monoisotopic (exact) mass is 400 g/mol. The first-order chi connectivity index (χ1) is 13.7. The van der Waals surface area contributed by atoms with Gasteiger partial charge in [-0.2, -0.15) is 0 Å². The number of amides is 2. The van der Waals surface area contributed by atoms with E-state index < -0.39 is 0 Å². The summed E-state index contributed by atoms with van der Waals surface area (Å²) in [5, 5.41) is 12.1. The molecule has 2 amide bonds. The Labute approximate surface area is 165 Å². The Balaban J connectivity index is 1.28. The lowest BCUT2D eigenvalue weighted by molar-refractivity contribution is -0.139. The molecule has 3 aliphatic rings. The van der Waals surface area contributed by atoms with Crippen molar-refractivity contribution in [1.82, 2.24) is 15.1 Å². The van der Waals surface area contributed by atoms with Crippen LogP contribution in [-0.2, 0) is 4.79 Å². The van der Waals surface area contributed by atoms with E-state index >= 15 is 0 Å². The summed E-state index contributed by atoms with van der Waals surface area (Å²) in [6.45, 7) is 0.947. The van der Waals surface area contributed by atoms with Crippen molar-refractivity contribution in [2.24, 2.45) is 5.92 Å². The lowest BCUT2D eigenvalue weighted by atomic mass is 9.84. The van der Waals surface area contributed by atoms with Crippen LogP contribution in [-0.4, -0.2) is 40.2 Å². The van der Waals surface area contributed by atoms with Gasteiger partial charge in [-0.3, -0.25) is 9.59 Å². The molecule has 2 aliphatic heterocycles. The lowest BCUT2D eigenvalue weighted by Crippen LogP contribution is -2.38. The van der Waals surface area contributed by atoms with Crippen molar-refractivity contribution >= 4 is 28.8 Å². The fourth-order valence-electron chi connectivity index (χ4n) is 3.80. The fourth-order valence-corrected chi connectivity index (χ4v) is 4.68. The Morgan fingerprint density at radius 2 is 1.96 bits per heavy atom. The molecular formula is C19H20N4O4S. The Bertz CT molecular complexity index is 926. The summed E-state index contributed by atoms with van der Waals surface area (Å²) in [6, 6.07) is 5.17. The van der Waals surface area contributed by atoms with Crippen molar-refractivity contribution in [3.8, 4) is 11.5 Å². The molecule has 9 heteroatoms. The number of rotatable bonds is 4. The number of likely N-dealkylation sites (tertiary alicyclic amines) is 1. The van der Waals surface area contributed by atoms with E-state index in [1.165, 1.54) is 11.3 Å². The molecule has 1 saturated carbocycles. The van der Waals surface area contributed by atoms with Crippen molar-refractivity contribution in [3.05, 3.63) is 28.2 Å². The van der Waals surface area contributed by atoms with Gasteiger partial charge in [0, 0.05) is 24.2 Å². The first-order valence-electron chi connectivity index (χ1n) is 9.54. The van der Waals surface area contributed by atoms with Crippen molar-refractivity contribution in [3.63, 3.8) is 0 Å². The standard InChI is InChI=1S/C19H20N4O4S/c24-16(20-12-6-7-14-15(9-12)27-10-26-14)18-22-21-17(28-18)13-5-2-8-23(13)19(25)11-3-1-4-11/h6-7,9,11,13H,1-5,8,10H2,(H,20,24)/t13-/m0/s1. The van der Waals surface area contributed by atoms with Gasteiger partial charge in [0.2, 0.25) is 17.7 Å². The Hall–Kier alpha value is -2.68. The quantitative estimate of drug-likeness (QED) is 0.848. The number of anilines is 1. The number of benzene rings is 1. The summed E-state index contributed by atoms with van der Waals surface area (Å²) >= 11 is 1.26. The summed E-state index contributed by atoms with van der Waals surface area (Å²) in [6.07, 6.45) is 4.94. The Morgan fingerprint density at radius 3 is 2.79 bits per heavy atom. The van der Waals surface area contributed by atoms with E-state index in [9.17, 15) is 9.59 Å². The second-order valence-corrected chi connectivity index (χ2v) is 8.29. The highest BCUT2D eigenvalue weighted by atomic mass is 32.1. The molecule has 2 aromatic rings. The minimum atomic E-state index is -0.322. The number of fused-ring (bicyclic) bond motifs is 1. The highest BCUT2D eigenvalue weighted by Gasteiger charge is 2.38. The molecule has 1 atom stereocenters. The van der Waals surface area contributed by atoms with Crippen LogP contribution in [0.1, 0.15) is 53.0 Å². The van der Waals surface area contributed by atoms with E-state index in [-0.39, 0.29) is 35.6 Å². The molecule has 1 aromatic heterocycles. The van der Waals surface area contributed by atoms with Crippen LogP contribution >= 0.6 is 11.3 Å². The highest BCUT2D eigenvalue weighted by molar-refractivity contribution is 7.13. The minimum Gasteiger partial charge on any atom is -0.454 e. The predicted octanol–water partition coefficient (Wildman–Crippen LogP) is 2.98. The van der Waals surface area contributed by atoms with E-state index in [2.05, 4.69) is 15.5 Å². The summed E-state index contributed by atoms with van der Waals surface area (Å²) in [7, 11) is 0. The van der Waals surface area contributed by atoms with Gasteiger partial charge in [-0.15, -0.1) is 10.2 Å². The summed E-state index contributed by atoms with van der Waals surface area (Å²) in [5.74, 6) is 1.34. The van der Waals surface area contributed by atoms with Crippen LogP contribution in [0.25, 0.3) is 0 Å². The molecule has 1 aliphatic carbocycles. The molecular weight excluding hydrogens is 380 g/mol. The molecule has 146 valence electrons. The van der Waals surface area contributed by atoms with Crippen LogP contribution in [0.5, 0.6) is 11.5 Å². The predicted molar refractivity (Wildman–Crippen MR) is 101 cm³/mol. The van der Waals surface area contributed by atoms with Crippen LogP contribution in [0, 0.1) is 5.92 Å². The zero-order valence-corrected chi connectivity index (χ0v) is 16.0. The molecule has 1 N–H and O–H groups in total. The van der Waals surface area contributed by atoms with Gasteiger partial charge >= 0.3 is 0 Å². The molecule has 0 radical (unpaired) electrons. The zero-order chi connectivity index (χ0) is 19.1. The average molecular weight is 400 g/mol. The van der Waals surface area contributed by atoms with Crippen LogP contribution in [0.2, 0.25) is 0 Å². The van der Waals surface area contributed by atoms with E-state index in [0.717, 1.165) is 43.7 Å². The number of carbonyl (C=O) groups is 2. The van der Waals surface area contributed by atoms with Gasteiger partial charge in [-0.05, 0) is 37.8 Å². The molecule has 5 rings (SSSR count). The third-order valence-corrected chi connectivity index (χ3v) is 6.56.